The standard InChI is InChI=1S/C20H25N7O5/c21-16-12-8-10(9-23-17(12)27-20(22)26-16)4-5-11-2-1-3-13(24-11)18(30)25-14(19(31)32)6-7-15(28)29/h1-3,10,14H,4-9H2,(H,25,30)(H,28,29)(H,31,32)(H5,21,22,23,26,27)/t10?,14-/m0/s1. The summed E-state index contributed by atoms with van der Waals surface area (Å²) in [6.07, 6.45) is 1.47. The van der Waals surface area contributed by atoms with Crippen LogP contribution < -0.4 is 22.1 Å². The third-order valence-electron chi connectivity index (χ3n) is 5.21. The molecule has 2 aromatic rings. The van der Waals surface area contributed by atoms with E-state index in [2.05, 4.69) is 25.6 Å². The van der Waals surface area contributed by atoms with E-state index in [4.69, 9.17) is 16.6 Å². The number of fused-ring (bicyclic) bond motifs is 1. The number of hydrogen-bond donors (Lipinski definition) is 6. The molecule has 12 nitrogen and oxygen atoms in total. The number of aromatic nitrogens is 3. The van der Waals surface area contributed by atoms with Gasteiger partial charge in [-0.1, -0.05) is 6.07 Å². The van der Waals surface area contributed by atoms with Crippen molar-refractivity contribution in [1.82, 2.24) is 20.3 Å². The maximum atomic E-state index is 12.4. The van der Waals surface area contributed by atoms with Crippen molar-refractivity contribution in [1.29, 1.82) is 0 Å². The molecule has 3 rings (SSSR count). The lowest BCUT2D eigenvalue weighted by Crippen LogP contribution is -2.41. The zero-order valence-electron chi connectivity index (χ0n) is 17.2. The second kappa shape index (κ2) is 9.90. The number of carbonyl (C=O) groups excluding carboxylic acids is 1. The summed E-state index contributed by atoms with van der Waals surface area (Å²) < 4.78 is 0. The van der Waals surface area contributed by atoms with E-state index in [1.54, 1.807) is 12.1 Å². The van der Waals surface area contributed by atoms with Gasteiger partial charge in [-0.15, -0.1) is 0 Å². The smallest absolute Gasteiger partial charge is 0.326 e. The lowest BCUT2D eigenvalue weighted by atomic mass is 9.91. The molecule has 8 N–H and O–H groups in total. The molecule has 1 aliphatic rings. The fourth-order valence-electron chi connectivity index (χ4n) is 3.53. The van der Waals surface area contributed by atoms with E-state index in [9.17, 15) is 19.5 Å². The topological polar surface area (TPSA) is 206 Å². The van der Waals surface area contributed by atoms with E-state index in [1.165, 1.54) is 6.07 Å². The zero-order valence-corrected chi connectivity index (χ0v) is 17.2. The van der Waals surface area contributed by atoms with E-state index in [0.29, 0.717) is 36.7 Å². The molecule has 0 aromatic carbocycles. The van der Waals surface area contributed by atoms with Crippen molar-refractivity contribution in [3.05, 3.63) is 35.2 Å². The minimum Gasteiger partial charge on any atom is -0.481 e. The van der Waals surface area contributed by atoms with Gasteiger partial charge in [0.1, 0.15) is 23.4 Å². The lowest BCUT2D eigenvalue weighted by molar-refractivity contribution is -0.140. The van der Waals surface area contributed by atoms with Crippen molar-refractivity contribution >= 4 is 35.4 Å². The average molecular weight is 443 g/mol. The summed E-state index contributed by atoms with van der Waals surface area (Å²) >= 11 is 0. The molecule has 0 radical (unpaired) electrons. The fourth-order valence-corrected chi connectivity index (χ4v) is 3.53. The zero-order chi connectivity index (χ0) is 23.3. The van der Waals surface area contributed by atoms with Crippen molar-refractivity contribution in [2.75, 3.05) is 23.3 Å². The highest BCUT2D eigenvalue weighted by Crippen LogP contribution is 2.29. The Hall–Kier alpha value is -3.96. The van der Waals surface area contributed by atoms with Crippen LogP contribution in [0.25, 0.3) is 0 Å². The molecule has 170 valence electrons. The van der Waals surface area contributed by atoms with Gasteiger partial charge in [0.15, 0.2) is 0 Å². The summed E-state index contributed by atoms with van der Waals surface area (Å²) in [4.78, 5) is 46.9. The van der Waals surface area contributed by atoms with Crippen LogP contribution in [0.3, 0.4) is 0 Å². The van der Waals surface area contributed by atoms with Crippen LogP contribution in [0.1, 0.15) is 41.0 Å². The predicted octanol–water partition coefficient (Wildman–Crippen LogP) is 0.301. The van der Waals surface area contributed by atoms with Crippen LogP contribution in [-0.4, -0.2) is 55.6 Å². The average Bonchev–Trinajstić information content (AvgIpc) is 2.75. The largest absolute Gasteiger partial charge is 0.481 e. The molecule has 3 heterocycles. The minimum atomic E-state index is -1.31. The molecule has 0 saturated carbocycles. The van der Waals surface area contributed by atoms with Gasteiger partial charge < -0.3 is 32.3 Å². The summed E-state index contributed by atoms with van der Waals surface area (Å²) in [6, 6.07) is 3.64. The number of rotatable bonds is 9. The maximum Gasteiger partial charge on any atom is 0.326 e. The number of nitrogens with two attached hydrogens (primary N) is 2. The van der Waals surface area contributed by atoms with Crippen LogP contribution in [0, 0.1) is 5.92 Å². The number of pyridine rings is 1. The van der Waals surface area contributed by atoms with Gasteiger partial charge in [0.25, 0.3) is 5.91 Å². The van der Waals surface area contributed by atoms with Crippen molar-refractivity contribution in [3.8, 4) is 0 Å². The molecule has 1 unspecified atom stereocenters. The van der Waals surface area contributed by atoms with Crippen molar-refractivity contribution < 1.29 is 24.6 Å². The first kappa shape index (κ1) is 22.7. The lowest BCUT2D eigenvalue weighted by Gasteiger charge is -2.26. The molecule has 32 heavy (non-hydrogen) atoms. The van der Waals surface area contributed by atoms with Crippen LogP contribution in [0.2, 0.25) is 0 Å². The number of nitrogen functional groups attached to an aromatic ring is 2. The number of hydrogen-bond acceptors (Lipinski definition) is 9. The maximum absolute atomic E-state index is 12.4. The number of nitrogens with one attached hydrogen (secondary N) is 2. The molecule has 0 fully saturated rings. The number of anilines is 3. The van der Waals surface area contributed by atoms with Gasteiger partial charge in [-0.05, 0) is 43.7 Å². The highest BCUT2D eigenvalue weighted by Gasteiger charge is 2.24. The van der Waals surface area contributed by atoms with Crippen molar-refractivity contribution in [3.63, 3.8) is 0 Å². The van der Waals surface area contributed by atoms with Gasteiger partial charge in [0.05, 0.1) is 0 Å². The predicted molar refractivity (Wildman–Crippen MR) is 115 cm³/mol. The van der Waals surface area contributed by atoms with Crippen molar-refractivity contribution in [2.45, 2.75) is 38.1 Å². The number of carbonyl (C=O) groups is 3. The number of amides is 1. The second-order valence-electron chi connectivity index (χ2n) is 7.59. The Bertz CT molecular complexity index is 1030. The molecule has 0 aliphatic carbocycles. The van der Waals surface area contributed by atoms with E-state index < -0.39 is 23.9 Å². The molecule has 0 saturated heterocycles. The Morgan fingerprint density at radius 1 is 1.19 bits per heavy atom. The third kappa shape index (κ3) is 5.80. The summed E-state index contributed by atoms with van der Waals surface area (Å²) in [5, 5.41) is 23.5. The van der Waals surface area contributed by atoms with Crippen LogP contribution in [0.4, 0.5) is 17.6 Å². The minimum absolute atomic E-state index is 0.0734. The highest BCUT2D eigenvalue weighted by molar-refractivity contribution is 5.95. The van der Waals surface area contributed by atoms with Gasteiger partial charge in [0, 0.05) is 24.2 Å². The van der Waals surface area contributed by atoms with Crippen LogP contribution >= 0.6 is 0 Å². The first-order valence-corrected chi connectivity index (χ1v) is 10.1. The number of carboxylic acids is 2. The van der Waals surface area contributed by atoms with Crippen LogP contribution in [0.15, 0.2) is 18.2 Å². The van der Waals surface area contributed by atoms with Gasteiger partial charge in [0.2, 0.25) is 5.95 Å². The van der Waals surface area contributed by atoms with E-state index in [0.717, 1.165) is 12.0 Å². The molecule has 2 atom stereocenters. The number of aliphatic carboxylic acids is 2. The molecular formula is C20H25N7O5. The molecule has 1 aliphatic heterocycles. The first-order valence-electron chi connectivity index (χ1n) is 10.1. The molecule has 1 amide bonds. The van der Waals surface area contributed by atoms with Crippen LogP contribution in [-0.2, 0) is 22.4 Å². The summed E-state index contributed by atoms with van der Waals surface area (Å²) in [7, 11) is 0. The Balaban J connectivity index is 1.59. The quantitative estimate of drug-likeness (QED) is 0.310. The molecule has 0 bridgehead atoms. The van der Waals surface area contributed by atoms with Gasteiger partial charge in [-0.25, -0.2) is 9.78 Å². The first-order chi connectivity index (χ1) is 15.2. The Morgan fingerprint density at radius 2 is 1.97 bits per heavy atom. The summed E-state index contributed by atoms with van der Waals surface area (Å²) in [5.41, 5.74) is 13.2. The Morgan fingerprint density at radius 3 is 2.69 bits per heavy atom. The second-order valence-corrected chi connectivity index (χ2v) is 7.59. The Kier molecular flexibility index (Phi) is 7.03. The number of carboxylic acid groups (broad SMARTS) is 2. The summed E-state index contributed by atoms with van der Waals surface area (Å²) in [5.74, 6) is -1.71. The van der Waals surface area contributed by atoms with E-state index in [1.807, 2.05) is 0 Å². The fraction of sp³-hybridized carbons (Fsp3) is 0.400. The van der Waals surface area contributed by atoms with Crippen molar-refractivity contribution in [2.24, 2.45) is 5.92 Å². The molecule has 12 heteroatoms. The summed E-state index contributed by atoms with van der Waals surface area (Å²) in [6.45, 7) is 0.687. The monoisotopic (exact) mass is 443 g/mol. The van der Waals surface area contributed by atoms with Gasteiger partial charge >= 0.3 is 11.9 Å². The number of nitrogens with zero attached hydrogens (tertiary/aromatic N) is 3. The molecule has 2 aromatic heterocycles. The number of aryl methyl sites for hydroxylation is 1. The SMILES string of the molecule is Nc1nc(N)c2c(n1)NCC(CCc1cccc(C(=O)N[C@@H](CCC(=O)O)C(=O)O)n1)C2. The van der Waals surface area contributed by atoms with E-state index in [-0.39, 0.29) is 30.4 Å². The molecular weight excluding hydrogens is 418 g/mol. The molecule has 0 spiro atoms. The normalized spacial score (nSPS) is 15.8. The Labute approximate surface area is 183 Å². The van der Waals surface area contributed by atoms with Gasteiger partial charge in [-0.3, -0.25) is 9.59 Å². The van der Waals surface area contributed by atoms with Gasteiger partial charge in [-0.2, -0.15) is 9.97 Å². The van der Waals surface area contributed by atoms with E-state index >= 15 is 0 Å². The third-order valence-corrected chi connectivity index (χ3v) is 5.21. The highest BCUT2D eigenvalue weighted by atomic mass is 16.4. The van der Waals surface area contributed by atoms with Crippen LogP contribution in [0.5, 0.6) is 0 Å².